The van der Waals surface area contributed by atoms with Crippen LogP contribution in [-0.2, 0) is 0 Å². The fraction of sp³-hybridized carbons (Fsp3) is 0.636. The highest BCUT2D eigenvalue weighted by molar-refractivity contribution is 5.07. The van der Waals surface area contributed by atoms with E-state index in [9.17, 15) is 0 Å². The first-order valence-electron chi connectivity index (χ1n) is 4.59. The van der Waals surface area contributed by atoms with E-state index in [1.54, 1.807) is 0 Å². The van der Waals surface area contributed by atoms with Gasteiger partial charge < -0.3 is 5.11 Å². The number of hydrogen-bond donors (Lipinski definition) is 1. The fourth-order valence-electron chi connectivity index (χ4n) is 1.72. The van der Waals surface area contributed by atoms with Gasteiger partial charge in [0.05, 0.1) is 0 Å². The van der Waals surface area contributed by atoms with Gasteiger partial charge in [-0.3, -0.25) is 0 Å². The minimum Gasteiger partial charge on any atom is -0.384 e. The Morgan fingerprint density at radius 2 is 2.33 bits per heavy atom. The zero-order valence-corrected chi connectivity index (χ0v) is 7.47. The molecule has 0 aromatic carbocycles. The first-order valence-corrected chi connectivity index (χ1v) is 4.59. The zero-order valence-electron chi connectivity index (χ0n) is 7.47. The van der Waals surface area contributed by atoms with Gasteiger partial charge in [0.25, 0.3) is 0 Å². The van der Waals surface area contributed by atoms with Gasteiger partial charge in [-0.1, -0.05) is 18.1 Å². The van der Waals surface area contributed by atoms with Gasteiger partial charge in [0.2, 0.25) is 0 Å². The molecule has 1 N–H and O–H groups in total. The highest BCUT2D eigenvalue weighted by Crippen LogP contribution is 2.32. The third-order valence-corrected chi connectivity index (χ3v) is 2.45. The normalized spacial score (nSPS) is 22.1. The molecule has 0 heterocycles. The van der Waals surface area contributed by atoms with Gasteiger partial charge >= 0.3 is 0 Å². The maximum atomic E-state index is 8.42. The van der Waals surface area contributed by atoms with E-state index in [1.807, 2.05) is 0 Å². The molecule has 1 rings (SSSR count). The maximum absolute atomic E-state index is 8.42. The zero-order chi connectivity index (χ0) is 8.81. The van der Waals surface area contributed by atoms with Crippen LogP contribution < -0.4 is 0 Å². The van der Waals surface area contributed by atoms with Crippen LogP contribution in [0.4, 0.5) is 0 Å². The molecule has 0 aliphatic heterocycles. The lowest BCUT2D eigenvalue weighted by atomic mass is 9.99. The minimum atomic E-state index is -0.00832. The van der Waals surface area contributed by atoms with Crippen LogP contribution in [0.2, 0.25) is 0 Å². The van der Waals surface area contributed by atoms with E-state index < -0.39 is 0 Å². The molecule has 0 saturated heterocycles. The first-order chi connectivity index (χ1) is 5.84. The summed E-state index contributed by atoms with van der Waals surface area (Å²) in [6, 6.07) is 0. The summed E-state index contributed by atoms with van der Waals surface area (Å²) in [5.74, 6) is 6.31. The molecule has 1 aliphatic carbocycles. The molecule has 1 unspecified atom stereocenters. The summed E-state index contributed by atoms with van der Waals surface area (Å²) >= 11 is 0. The lowest BCUT2D eigenvalue weighted by Crippen LogP contribution is -1.94. The van der Waals surface area contributed by atoms with Crippen molar-refractivity contribution in [3.63, 3.8) is 0 Å². The molecule has 0 aromatic heterocycles. The Labute approximate surface area is 74.5 Å². The Morgan fingerprint density at radius 3 is 2.92 bits per heavy atom. The van der Waals surface area contributed by atoms with Gasteiger partial charge in [-0.15, -0.1) is 5.92 Å². The van der Waals surface area contributed by atoms with E-state index in [0.29, 0.717) is 5.92 Å². The van der Waals surface area contributed by atoms with Gasteiger partial charge in [-0.2, -0.15) is 0 Å². The summed E-state index contributed by atoms with van der Waals surface area (Å²) in [7, 11) is 0. The van der Waals surface area contributed by atoms with E-state index in [1.165, 1.54) is 24.8 Å². The average molecular weight is 164 g/mol. The molecule has 1 nitrogen and oxygen atoms in total. The van der Waals surface area contributed by atoms with Crippen LogP contribution in [0.5, 0.6) is 0 Å². The van der Waals surface area contributed by atoms with Gasteiger partial charge in [0, 0.05) is 6.42 Å². The second-order valence-corrected chi connectivity index (χ2v) is 3.30. The van der Waals surface area contributed by atoms with Gasteiger partial charge in [0.1, 0.15) is 6.61 Å². The van der Waals surface area contributed by atoms with E-state index in [0.717, 1.165) is 12.8 Å². The molecular weight excluding hydrogens is 148 g/mol. The summed E-state index contributed by atoms with van der Waals surface area (Å²) in [5.41, 5.74) is 1.40. The molecule has 66 valence electrons. The quantitative estimate of drug-likeness (QED) is 0.489. The van der Waals surface area contributed by atoms with E-state index in [2.05, 4.69) is 18.4 Å². The van der Waals surface area contributed by atoms with Crippen LogP contribution in [0.25, 0.3) is 0 Å². The van der Waals surface area contributed by atoms with Crippen molar-refractivity contribution in [2.75, 3.05) is 6.61 Å². The van der Waals surface area contributed by atoms with Crippen molar-refractivity contribution in [1.29, 1.82) is 0 Å². The summed E-state index contributed by atoms with van der Waals surface area (Å²) in [5, 5.41) is 8.42. The van der Waals surface area contributed by atoms with Crippen LogP contribution >= 0.6 is 0 Å². The average Bonchev–Trinajstić information content (AvgIpc) is 2.46. The molecule has 0 radical (unpaired) electrons. The topological polar surface area (TPSA) is 20.2 Å². The van der Waals surface area contributed by atoms with Crippen molar-refractivity contribution >= 4 is 0 Å². The van der Waals surface area contributed by atoms with Gasteiger partial charge in [-0.05, 0) is 31.6 Å². The fourth-order valence-corrected chi connectivity index (χ4v) is 1.72. The largest absolute Gasteiger partial charge is 0.384 e. The van der Waals surface area contributed by atoms with Crippen molar-refractivity contribution in [1.82, 2.24) is 0 Å². The van der Waals surface area contributed by atoms with Crippen LogP contribution in [0.1, 0.15) is 32.1 Å². The van der Waals surface area contributed by atoms with Crippen molar-refractivity contribution in [2.24, 2.45) is 5.92 Å². The Bertz CT molecular complexity index is 207. The predicted molar refractivity (Wildman–Crippen MR) is 50.6 cm³/mol. The van der Waals surface area contributed by atoms with Crippen LogP contribution in [0.15, 0.2) is 12.2 Å². The number of hydrogen-bond acceptors (Lipinski definition) is 1. The highest BCUT2D eigenvalue weighted by Gasteiger charge is 2.17. The summed E-state index contributed by atoms with van der Waals surface area (Å²) in [6.07, 6.45) is 5.84. The lowest BCUT2D eigenvalue weighted by molar-refractivity contribution is 0.350. The summed E-state index contributed by atoms with van der Waals surface area (Å²) in [6.45, 7) is 4.03. The minimum absolute atomic E-state index is 0.00832. The molecule has 12 heavy (non-hydrogen) atoms. The second kappa shape index (κ2) is 5.00. The van der Waals surface area contributed by atoms with Crippen molar-refractivity contribution < 1.29 is 5.11 Å². The number of aliphatic hydroxyl groups is 1. The Balaban J connectivity index is 2.18. The molecule has 0 amide bonds. The monoisotopic (exact) mass is 164 g/mol. The van der Waals surface area contributed by atoms with Crippen molar-refractivity contribution in [3.05, 3.63) is 12.2 Å². The van der Waals surface area contributed by atoms with Gasteiger partial charge in [-0.25, -0.2) is 0 Å². The number of aliphatic hydroxyl groups excluding tert-OH is 1. The SMILES string of the molecule is C=C1CCCC1CCC#CCO. The van der Waals surface area contributed by atoms with Crippen LogP contribution in [-0.4, -0.2) is 11.7 Å². The third kappa shape index (κ3) is 2.71. The third-order valence-electron chi connectivity index (χ3n) is 2.45. The Kier molecular flexibility index (Phi) is 3.90. The predicted octanol–water partition coefficient (Wildman–Crippen LogP) is 2.12. The van der Waals surface area contributed by atoms with Crippen LogP contribution in [0, 0.1) is 17.8 Å². The molecule has 0 bridgehead atoms. The molecule has 1 aliphatic rings. The van der Waals surface area contributed by atoms with Crippen molar-refractivity contribution in [3.8, 4) is 11.8 Å². The van der Waals surface area contributed by atoms with E-state index in [-0.39, 0.29) is 6.61 Å². The smallest absolute Gasteiger partial charge is 0.104 e. The lowest BCUT2D eigenvalue weighted by Gasteiger charge is -2.06. The summed E-state index contributed by atoms with van der Waals surface area (Å²) in [4.78, 5) is 0. The van der Waals surface area contributed by atoms with Crippen LogP contribution in [0.3, 0.4) is 0 Å². The molecule has 0 spiro atoms. The number of allylic oxidation sites excluding steroid dienone is 1. The second-order valence-electron chi connectivity index (χ2n) is 3.30. The summed E-state index contributed by atoms with van der Waals surface area (Å²) < 4.78 is 0. The molecule has 1 heteroatoms. The number of rotatable bonds is 2. The molecule has 1 saturated carbocycles. The maximum Gasteiger partial charge on any atom is 0.104 e. The Morgan fingerprint density at radius 1 is 1.50 bits per heavy atom. The van der Waals surface area contributed by atoms with E-state index >= 15 is 0 Å². The van der Waals surface area contributed by atoms with E-state index in [4.69, 9.17) is 5.11 Å². The molecule has 1 atom stereocenters. The van der Waals surface area contributed by atoms with Crippen molar-refractivity contribution in [2.45, 2.75) is 32.1 Å². The van der Waals surface area contributed by atoms with Gasteiger partial charge in [0.15, 0.2) is 0 Å². The molecule has 1 fully saturated rings. The Hall–Kier alpha value is -0.740. The molecule has 0 aromatic rings. The first kappa shape index (κ1) is 9.35. The molecular formula is C11H16O. The highest BCUT2D eigenvalue weighted by atomic mass is 16.2. The standard InChI is InChI=1S/C11H16O/c1-10-6-5-8-11(10)7-3-2-4-9-12/h11-12H,1,3,5-9H2.